The van der Waals surface area contributed by atoms with Gasteiger partial charge in [-0.2, -0.15) is 0 Å². The Morgan fingerprint density at radius 2 is 1.20 bits per heavy atom. The van der Waals surface area contributed by atoms with Gasteiger partial charge in [0, 0.05) is 12.8 Å². The van der Waals surface area contributed by atoms with Gasteiger partial charge in [0.1, 0.15) is 18.1 Å². The van der Waals surface area contributed by atoms with Gasteiger partial charge in [0.05, 0.1) is 48.8 Å². The number of aliphatic hydroxyl groups excluding tert-OH is 9. The summed E-state index contributed by atoms with van der Waals surface area (Å²) in [6.45, 7) is 5.18. The second-order valence-electron chi connectivity index (χ2n) is 12.4. The van der Waals surface area contributed by atoms with E-state index in [-0.39, 0.29) is 44.9 Å². The fourth-order valence-electron chi connectivity index (χ4n) is 5.27. The largest absolute Gasteiger partial charge is 0.459 e. The van der Waals surface area contributed by atoms with Crippen molar-refractivity contribution in [1.29, 1.82) is 0 Å². The second kappa shape index (κ2) is 23.2. The molecule has 11 atom stereocenters. The normalized spacial score (nSPS) is 38.6. The van der Waals surface area contributed by atoms with Gasteiger partial charge in [0.25, 0.3) is 0 Å². The molecular weight excluding hydrogens is 596 g/mol. The Hall–Kier alpha value is -2.19. The maximum atomic E-state index is 13.1. The highest BCUT2D eigenvalue weighted by atomic mass is 16.6. The van der Waals surface area contributed by atoms with Crippen LogP contribution in [0.25, 0.3) is 0 Å². The predicted molar refractivity (Wildman–Crippen MR) is 175 cm³/mol. The summed E-state index contributed by atoms with van der Waals surface area (Å²) in [5, 5.41) is 94.8. The molecule has 1 rings (SSSR count). The molecule has 0 fully saturated rings. The van der Waals surface area contributed by atoms with E-state index in [1.165, 1.54) is 13.0 Å². The van der Waals surface area contributed by atoms with Gasteiger partial charge in [0.15, 0.2) is 0 Å². The molecule has 11 heteroatoms. The summed E-state index contributed by atoms with van der Waals surface area (Å²) < 4.78 is 5.42. The van der Waals surface area contributed by atoms with Crippen LogP contribution < -0.4 is 0 Å². The molecule has 0 bridgehead atoms. The number of unbranched alkanes of at least 4 members (excludes halogenated alkanes) is 2. The number of aliphatic hydroxyl groups is 9. The molecule has 0 radical (unpaired) electrons. The molecule has 0 unspecified atom stereocenters. The lowest BCUT2D eigenvalue weighted by Gasteiger charge is -2.29. The zero-order chi connectivity index (χ0) is 34.6. The van der Waals surface area contributed by atoms with E-state index in [0.29, 0.717) is 12.0 Å². The average molecular weight is 655 g/mol. The quantitative estimate of drug-likeness (QED) is 0.154. The molecule has 9 N–H and O–H groups in total. The molecule has 0 amide bonds. The zero-order valence-corrected chi connectivity index (χ0v) is 27.5. The van der Waals surface area contributed by atoms with E-state index in [1.54, 1.807) is 55.5 Å². The van der Waals surface area contributed by atoms with Gasteiger partial charge in [0.2, 0.25) is 0 Å². The van der Waals surface area contributed by atoms with E-state index in [9.17, 15) is 50.8 Å². The standard InChI is InChI=1S/C35H58O11/c1-4-5-11-16-31(42)34-33(44)22-29(40)20-27(38)18-25(36)17-26(37)19-28(39)21-32(43)23(2)14-12-9-7-6-8-10-13-15-30(41)24(3)46-35(34)45/h6-10,12-15,24-34,36-44H,4-5,11,16-22H2,1-3H3/b7-6-,10-8-,12-9-,15-13-,23-14-/t24-,25+,26-,27+,28-,29+,30-,31-,32-,33+,34+/m0/s1. The first-order valence-electron chi connectivity index (χ1n) is 16.4. The number of carbonyl (C=O) groups excluding carboxylic acids is 1. The van der Waals surface area contributed by atoms with E-state index in [0.717, 1.165) is 12.8 Å². The Morgan fingerprint density at radius 3 is 1.74 bits per heavy atom. The molecule has 0 spiro atoms. The number of hydrogen-bond donors (Lipinski definition) is 9. The third-order valence-corrected chi connectivity index (χ3v) is 8.03. The van der Waals surface area contributed by atoms with Crippen molar-refractivity contribution in [2.75, 3.05) is 0 Å². The Labute approximate surface area is 273 Å². The molecule has 0 aliphatic carbocycles. The van der Waals surface area contributed by atoms with Gasteiger partial charge in [-0.05, 0) is 51.5 Å². The predicted octanol–water partition coefficient (Wildman–Crippen LogP) is 1.89. The van der Waals surface area contributed by atoms with E-state index in [2.05, 4.69) is 0 Å². The number of cyclic esters (lactones) is 1. The van der Waals surface area contributed by atoms with Crippen molar-refractivity contribution in [3.05, 3.63) is 60.3 Å². The maximum absolute atomic E-state index is 13.1. The average Bonchev–Trinajstić information content (AvgIpc) is 2.94. The maximum Gasteiger partial charge on any atom is 0.314 e. The summed E-state index contributed by atoms with van der Waals surface area (Å²) >= 11 is 0. The fourth-order valence-corrected chi connectivity index (χ4v) is 5.27. The Morgan fingerprint density at radius 1 is 0.717 bits per heavy atom. The SMILES string of the molecule is CCCCC[C@H](O)[C@H]1C(=O)O[C@@H](C)[C@@H](O)\C=C/C=C\C=C/C=C\C=C(\C)[C@@H](O)C[C@@H](O)C[C@@H](O)C[C@@H](O)C[C@@H](O)C[C@@H](O)C[C@H]1O. The van der Waals surface area contributed by atoms with Crippen molar-refractivity contribution in [1.82, 2.24) is 0 Å². The number of allylic oxidation sites excluding steroid dienone is 8. The van der Waals surface area contributed by atoms with Gasteiger partial charge >= 0.3 is 5.97 Å². The van der Waals surface area contributed by atoms with Crippen LogP contribution in [0.5, 0.6) is 0 Å². The first-order chi connectivity index (χ1) is 21.7. The van der Waals surface area contributed by atoms with Gasteiger partial charge < -0.3 is 50.7 Å². The van der Waals surface area contributed by atoms with E-state index >= 15 is 0 Å². The minimum atomic E-state index is -1.52. The van der Waals surface area contributed by atoms with E-state index < -0.39 is 72.9 Å². The van der Waals surface area contributed by atoms with Crippen LogP contribution in [0.1, 0.15) is 85.0 Å². The fraction of sp³-hybridized carbons (Fsp3) is 0.686. The van der Waals surface area contributed by atoms with Gasteiger partial charge in [-0.25, -0.2) is 0 Å². The molecule has 11 nitrogen and oxygen atoms in total. The lowest BCUT2D eigenvalue weighted by Crippen LogP contribution is -2.43. The summed E-state index contributed by atoms with van der Waals surface area (Å²) in [5.41, 5.74) is 0.609. The number of hydrogen-bond acceptors (Lipinski definition) is 11. The number of carbonyl (C=O) groups is 1. The highest BCUT2D eigenvalue weighted by Gasteiger charge is 2.37. The van der Waals surface area contributed by atoms with Gasteiger partial charge in [-0.15, -0.1) is 0 Å². The Kier molecular flexibility index (Phi) is 21.1. The van der Waals surface area contributed by atoms with Gasteiger partial charge in [-0.1, -0.05) is 80.9 Å². The molecule has 0 aromatic heterocycles. The van der Waals surface area contributed by atoms with Crippen molar-refractivity contribution in [3.8, 4) is 0 Å². The minimum absolute atomic E-state index is 0.0162. The summed E-state index contributed by atoms with van der Waals surface area (Å²) in [6.07, 6.45) is 4.69. The molecule has 1 aliphatic rings. The van der Waals surface area contributed by atoms with Crippen molar-refractivity contribution in [2.45, 2.75) is 146 Å². The smallest absolute Gasteiger partial charge is 0.314 e. The van der Waals surface area contributed by atoms with Crippen molar-refractivity contribution in [3.63, 3.8) is 0 Å². The summed E-state index contributed by atoms with van der Waals surface area (Å²) in [6, 6.07) is 0. The number of esters is 1. The third kappa shape index (κ3) is 17.7. The number of rotatable bonds is 5. The van der Waals surface area contributed by atoms with E-state index in [1.807, 2.05) is 6.92 Å². The molecule has 0 aromatic carbocycles. The Balaban J connectivity index is 3.14. The van der Waals surface area contributed by atoms with Crippen LogP contribution in [0.2, 0.25) is 0 Å². The molecule has 0 saturated heterocycles. The molecule has 0 saturated carbocycles. The van der Waals surface area contributed by atoms with Crippen LogP contribution in [-0.2, 0) is 9.53 Å². The zero-order valence-electron chi connectivity index (χ0n) is 27.5. The topological polar surface area (TPSA) is 208 Å². The van der Waals surface area contributed by atoms with Crippen molar-refractivity contribution in [2.24, 2.45) is 5.92 Å². The third-order valence-electron chi connectivity index (χ3n) is 8.03. The van der Waals surface area contributed by atoms with Crippen LogP contribution in [0.3, 0.4) is 0 Å². The first-order valence-corrected chi connectivity index (χ1v) is 16.4. The van der Waals surface area contributed by atoms with Crippen LogP contribution in [-0.4, -0.2) is 113 Å². The van der Waals surface area contributed by atoms with E-state index in [4.69, 9.17) is 4.74 Å². The molecule has 46 heavy (non-hydrogen) atoms. The summed E-state index contributed by atoms with van der Waals surface area (Å²) in [5.74, 6) is -2.33. The van der Waals surface area contributed by atoms with Gasteiger partial charge in [-0.3, -0.25) is 4.79 Å². The highest BCUT2D eigenvalue weighted by Crippen LogP contribution is 2.24. The lowest BCUT2D eigenvalue weighted by molar-refractivity contribution is -0.168. The van der Waals surface area contributed by atoms with Crippen molar-refractivity contribution >= 4 is 5.97 Å². The Bertz CT molecular complexity index is 991. The van der Waals surface area contributed by atoms with Crippen LogP contribution in [0, 0.1) is 5.92 Å². The first kappa shape index (κ1) is 41.8. The van der Waals surface area contributed by atoms with Crippen LogP contribution in [0.4, 0.5) is 0 Å². The lowest BCUT2D eigenvalue weighted by atomic mass is 9.87. The minimum Gasteiger partial charge on any atom is -0.459 e. The molecular formula is C35H58O11. The summed E-state index contributed by atoms with van der Waals surface area (Å²) in [7, 11) is 0. The van der Waals surface area contributed by atoms with Crippen LogP contribution in [0.15, 0.2) is 60.3 Å². The number of ether oxygens (including phenoxy) is 1. The molecule has 264 valence electrons. The second-order valence-corrected chi connectivity index (χ2v) is 12.4. The monoisotopic (exact) mass is 654 g/mol. The molecule has 0 aromatic rings. The van der Waals surface area contributed by atoms with Crippen LogP contribution >= 0.6 is 0 Å². The highest BCUT2D eigenvalue weighted by molar-refractivity contribution is 5.74. The molecule has 1 aliphatic heterocycles. The van der Waals surface area contributed by atoms with Crippen molar-refractivity contribution < 1.29 is 55.5 Å². The molecule has 1 heterocycles. The summed E-state index contributed by atoms with van der Waals surface area (Å²) in [4.78, 5) is 13.1.